The number of benzene rings is 3. The summed E-state index contributed by atoms with van der Waals surface area (Å²) in [4.78, 5) is 28.8. The number of aromatic nitrogens is 2. The first-order valence-electron chi connectivity index (χ1n) is 14.5. The molecule has 0 aliphatic heterocycles. The number of halogens is 2. The highest BCUT2D eigenvalue weighted by molar-refractivity contribution is 6.42. The molecule has 0 aliphatic carbocycles. The average Bonchev–Trinajstić information content (AvgIpc) is 3.37. The molecular weight excluding hydrogens is 581 g/mol. The van der Waals surface area contributed by atoms with Crippen LogP contribution in [0.3, 0.4) is 0 Å². The van der Waals surface area contributed by atoms with Crippen LogP contribution in [0.5, 0.6) is 0 Å². The Morgan fingerprint density at radius 2 is 1.47 bits per heavy atom. The summed E-state index contributed by atoms with van der Waals surface area (Å²) >= 11 is 12.5. The molecule has 4 aromatic rings. The van der Waals surface area contributed by atoms with E-state index in [0.29, 0.717) is 33.8 Å². The minimum atomic E-state index is -0.349. The number of amides is 3. The predicted octanol–water partition coefficient (Wildman–Crippen LogP) is 9.22. The second kappa shape index (κ2) is 14.1. The van der Waals surface area contributed by atoms with Crippen molar-refractivity contribution in [2.24, 2.45) is 5.92 Å². The molecule has 4 rings (SSSR count). The van der Waals surface area contributed by atoms with Crippen LogP contribution in [0, 0.1) is 5.92 Å². The molecule has 0 spiro atoms. The third-order valence-corrected chi connectivity index (χ3v) is 7.75. The van der Waals surface area contributed by atoms with Gasteiger partial charge in [-0.25, -0.2) is 9.48 Å². The summed E-state index contributed by atoms with van der Waals surface area (Å²) in [6.07, 6.45) is 0. The fraction of sp³-hybridized carbons (Fsp3) is 0.324. The van der Waals surface area contributed by atoms with E-state index in [4.69, 9.17) is 28.3 Å². The number of anilines is 2. The number of para-hydroxylation sites is 1. The third kappa shape index (κ3) is 7.98. The lowest BCUT2D eigenvalue weighted by molar-refractivity contribution is -0.116. The Balaban J connectivity index is 1.62. The maximum absolute atomic E-state index is 13.7. The van der Waals surface area contributed by atoms with Crippen LogP contribution in [0.15, 0.2) is 72.8 Å². The first-order valence-corrected chi connectivity index (χ1v) is 15.3. The lowest BCUT2D eigenvalue weighted by Crippen LogP contribution is -2.43. The number of hydrogen-bond donors (Lipinski definition) is 2. The Labute approximate surface area is 264 Å². The molecule has 3 amide bonds. The van der Waals surface area contributed by atoms with Crippen molar-refractivity contribution >= 4 is 46.6 Å². The van der Waals surface area contributed by atoms with Gasteiger partial charge in [0.05, 0.1) is 21.4 Å². The van der Waals surface area contributed by atoms with Crippen LogP contribution in [-0.4, -0.2) is 39.7 Å². The highest BCUT2D eigenvalue weighted by atomic mass is 35.5. The molecule has 0 fully saturated rings. The summed E-state index contributed by atoms with van der Waals surface area (Å²) in [5, 5.41) is 11.7. The molecule has 0 bridgehead atoms. The lowest BCUT2D eigenvalue weighted by Gasteiger charge is -2.27. The molecule has 43 heavy (non-hydrogen) atoms. The van der Waals surface area contributed by atoms with Crippen LogP contribution in [0.1, 0.15) is 64.5 Å². The van der Waals surface area contributed by atoms with Crippen molar-refractivity contribution in [2.75, 3.05) is 23.7 Å². The number of nitrogens with zero attached hydrogens (tertiary/aromatic N) is 3. The van der Waals surface area contributed by atoms with Crippen molar-refractivity contribution in [3.8, 4) is 16.9 Å². The number of rotatable bonds is 10. The molecule has 0 saturated carbocycles. The molecule has 0 saturated heterocycles. The summed E-state index contributed by atoms with van der Waals surface area (Å²) in [5.41, 5.74) is 5.14. The quantitative estimate of drug-likeness (QED) is 0.186. The van der Waals surface area contributed by atoms with Crippen LogP contribution in [0.25, 0.3) is 16.9 Å². The van der Waals surface area contributed by atoms with Gasteiger partial charge in [0, 0.05) is 23.9 Å². The first kappa shape index (κ1) is 32.1. The Hall–Kier alpha value is -3.81. The molecule has 1 aromatic heterocycles. The topological polar surface area (TPSA) is 79.3 Å². The van der Waals surface area contributed by atoms with Gasteiger partial charge < -0.3 is 15.5 Å². The molecule has 0 atom stereocenters. The van der Waals surface area contributed by atoms with Gasteiger partial charge in [0.15, 0.2) is 0 Å². The summed E-state index contributed by atoms with van der Waals surface area (Å²) in [5.74, 6) is 0.680. The summed E-state index contributed by atoms with van der Waals surface area (Å²) < 4.78 is 1.61. The molecule has 1 heterocycles. The Bertz CT molecular complexity index is 1550. The van der Waals surface area contributed by atoms with Crippen molar-refractivity contribution in [2.45, 2.75) is 53.4 Å². The van der Waals surface area contributed by atoms with E-state index < -0.39 is 0 Å². The number of carbonyl (C=O) groups excluding carboxylic acids is 2. The fourth-order valence-electron chi connectivity index (χ4n) is 4.93. The van der Waals surface area contributed by atoms with Crippen LogP contribution in [0.4, 0.5) is 16.3 Å². The Kier molecular flexibility index (Phi) is 10.5. The normalized spacial score (nSPS) is 11.3. The van der Waals surface area contributed by atoms with Gasteiger partial charge >= 0.3 is 6.03 Å². The fourth-order valence-corrected chi connectivity index (χ4v) is 5.22. The Morgan fingerprint density at radius 3 is 2.05 bits per heavy atom. The highest BCUT2D eigenvalue weighted by Gasteiger charge is 2.23. The van der Waals surface area contributed by atoms with E-state index >= 15 is 0 Å². The SMILES string of the molecule is CC(C)CN(CC(=O)Nc1cc(-c2ccccc2)nn1-c1ccc(Cl)c(Cl)c1)C(=O)Nc1c(C(C)C)cccc1C(C)C. The van der Waals surface area contributed by atoms with Crippen molar-refractivity contribution < 1.29 is 9.59 Å². The lowest BCUT2D eigenvalue weighted by atomic mass is 9.93. The molecule has 0 radical (unpaired) electrons. The van der Waals surface area contributed by atoms with Crippen molar-refractivity contribution in [1.82, 2.24) is 14.7 Å². The second-order valence-electron chi connectivity index (χ2n) is 11.7. The summed E-state index contributed by atoms with van der Waals surface area (Å²) in [6.45, 7) is 12.7. The standard InChI is InChI=1S/C34H39Cl2N5O2/c1-21(2)19-40(34(43)38-33-26(22(3)4)13-10-14-27(33)23(5)6)20-32(42)37-31-18-30(24-11-8-7-9-12-24)39-41(31)25-15-16-28(35)29(36)17-25/h7-18,21-23H,19-20H2,1-6H3,(H,37,42)(H,38,43). The van der Waals surface area contributed by atoms with Crippen LogP contribution < -0.4 is 10.6 Å². The molecule has 226 valence electrons. The van der Waals surface area contributed by atoms with E-state index in [2.05, 4.69) is 38.3 Å². The average molecular weight is 621 g/mol. The van der Waals surface area contributed by atoms with Gasteiger partial charge in [0.25, 0.3) is 0 Å². The zero-order chi connectivity index (χ0) is 31.3. The van der Waals surface area contributed by atoms with Gasteiger partial charge in [0.1, 0.15) is 12.4 Å². The zero-order valence-corrected chi connectivity index (χ0v) is 27.0. The monoisotopic (exact) mass is 619 g/mol. The maximum Gasteiger partial charge on any atom is 0.322 e. The number of carbonyl (C=O) groups is 2. The van der Waals surface area contributed by atoms with E-state index in [1.54, 1.807) is 33.8 Å². The molecule has 0 aliphatic rings. The van der Waals surface area contributed by atoms with E-state index in [1.165, 1.54) is 0 Å². The van der Waals surface area contributed by atoms with Gasteiger partial charge in [-0.05, 0) is 47.1 Å². The molecule has 0 unspecified atom stereocenters. The predicted molar refractivity (Wildman–Crippen MR) is 178 cm³/mol. The number of urea groups is 1. The van der Waals surface area contributed by atoms with Gasteiger partial charge in [0.2, 0.25) is 5.91 Å². The minimum Gasteiger partial charge on any atom is -0.315 e. The molecule has 2 N–H and O–H groups in total. The van der Waals surface area contributed by atoms with Gasteiger partial charge in [-0.15, -0.1) is 0 Å². The van der Waals surface area contributed by atoms with Gasteiger partial charge in [-0.2, -0.15) is 5.10 Å². The summed E-state index contributed by atoms with van der Waals surface area (Å²) in [6, 6.07) is 22.4. The van der Waals surface area contributed by atoms with Crippen LogP contribution >= 0.6 is 23.2 Å². The smallest absolute Gasteiger partial charge is 0.315 e. The molecule has 3 aromatic carbocycles. The Morgan fingerprint density at radius 1 is 0.814 bits per heavy atom. The van der Waals surface area contributed by atoms with E-state index in [-0.39, 0.29) is 36.2 Å². The van der Waals surface area contributed by atoms with Gasteiger partial charge in [-0.3, -0.25) is 4.79 Å². The highest BCUT2D eigenvalue weighted by Crippen LogP contribution is 2.33. The second-order valence-corrected chi connectivity index (χ2v) is 12.5. The molecule has 9 heteroatoms. The van der Waals surface area contributed by atoms with Crippen molar-refractivity contribution in [1.29, 1.82) is 0 Å². The van der Waals surface area contributed by atoms with Gasteiger partial charge in [-0.1, -0.05) is 113 Å². The van der Waals surface area contributed by atoms with Crippen molar-refractivity contribution in [3.05, 3.63) is 94.0 Å². The van der Waals surface area contributed by atoms with Crippen LogP contribution in [0.2, 0.25) is 10.0 Å². The first-order chi connectivity index (χ1) is 20.4. The number of nitrogens with one attached hydrogen (secondary N) is 2. The van der Waals surface area contributed by atoms with E-state index in [1.807, 2.05) is 62.4 Å². The number of hydrogen-bond acceptors (Lipinski definition) is 3. The molecule has 7 nitrogen and oxygen atoms in total. The van der Waals surface area contributed by atoms with E-state index in [0.717, 1.165) is 22.4 Å². The zero-order valence-electron chi connectivity index (χ0n) is 25.5. The maximum atomic E-state index is 13.7. The minimum absolute atomic E-state index is 0.141. The largest absolute Gasteiger partial charge is 0.322 e. The molecular formula is C34H39Cl2N5O2. The van der Waals surface area contributed by atoms with Crippen molar-refractivity contribution in [3.63, 3.8) is 0 Å². The van der Waals surface area contributed by atoms with E-state index in [9.17, 15) is 9.59 Å². The van der Waals surface area contributed by atoms with Crippen LogP contribution in [-0.2, 0) is 4.79 Å². The summed E-state index contributed by atoms with van der Waals surface area (Å²) in [7, 11) is 0. The third-order valence-electron chi connectivity index (χ3n) is 7.01.